The maximum absolute atomic E-state index is 10.6. The minimum atomic E-state index is 0.344. The number of phenols is 1. The SMILES string of the molecule is CCCCCCCCCCCC1N(c2ccc(O)cc2)CC2C3=C4C5=C6C7C(C=C8CC9CC%10CC%11CC%12CC(C3)C3C4C4C5C5C7C8C7C9C%10C8C%11C(C%123)C4C8C57)CC621. The second-order valence-electron chi connectivity index (χ2n) is 26.6. The molecule has 0 amide bonds. The lowest BCUT2D eigenvalue weighted by molar-refractivity contribution is -0.129. The molecule has 18 rings (SSSR count). The van der Waals surface area contributed by atoms with Crippen LogP contribution in [0.1, 0.15) is 116 Å². The fraction of sp³-hybridized carbons (Fsp3) is 0.793. The Hall–Kier alpha value is -1.96. The summed E-state index contributed by atoms with van der Waals surface area (Å²) in [5.41, 5.74) is 12.6. The van der Waals surface area contributed by atoms with E-state index in [-0.39, 0.29) is 0 Å². The number of nitrogens with zero attached hydrogens (tertiary/aromatic N) is 1. The molecule has 2 heteroatoms. The number of hydrogen-bond donors (Lipinski definition) is 1. The fourth-order valence-electron chi connectivity index (χ4n) is 26.6. The van der Waals surface area contributed by atoms with Crippen LogP contribution in [0.25, 0.3) is 0 Å². The van der Waals surface area contributed by atoms with E-state index >= 15 is 0 Å². The molecule has 1 N–H and O–H groups in total. The van der Waals surface area contributed by atoms with E-state index in [0.29, 0.717) is 17.2 Å². The summed E-state index contributed by atoms with van der Waals surface area (Å²) in [6, 6.07) is 9.36. The smallest absolute Gasteiger partial charge is 0.115 e. The van der Waals surface area contributed by atoms with Gasteiger partial charge in [0.2, 0.25) is 0 Å². The summed E-state index contributed by atoms with van der Waals surface area (Å²) in [4.78, 5) is 3.05. The minimum Gasteiger partial charge on any atom is -0.508 e. The number of anilines is 1. The normalized spacial score (nSPS) is 60.3. The van der Waals surface area contributed by atoms with Crippen LogP contribution in [-0.4, -0.2) is 17.7 Å². The highest BCUT2D eigenvalue weighted by atomic mass is 16.3. The van der Waals surface area contributed by atoms with Gasteiger partial charge < -0.3 is 10.0 Å². The number of unbranched alkanes of at least 4 members (excludes halogenated alkanes) is 8. The van der Waals surface area contributed by atoms with E-state index in [9.17, 15) is 5.11 Å². The molecule has 12 saturated carbocycles. The van der Waals surface area contributed by atoms with Crippen LogP contribution in [0.3, 0.4) is 0 Å². The monoisotopic (exact) mass is 798 g/mol. The molecule has 60 heavy (non-hydrogen) atoms. The first kappa shape index (κ1) is 33.5. The van der Waals surface area contributed by atoms with E-state index in [1.807, 2.05) is 12.1 Å². The molecule has 0 bridgehead atoms. The zero-order valence-corrected chi connectivity index (χ0v) is 36.5. The second kappa shape index (κ2) is 10.8. The Morgan fingerprint density at radius 2 is 1.15 bits per heavy atom. The summed E-state index contributed by atoms with van der Waals surface area (Å²) in [7, 11) is 0. The number of phenolic OH excluding ortho intramolecular Hbond substituents is 1. The molecule has 27 unspecified atom stereocenters. The van der Waals surface area contributed by atoms with Crippen molar-refractivity contribution in [3.8, 4) is 5.75 Å². The molecule has 2 nitrogen and oxygen atoms in total. The lowest BCUT2D eigenvalue weighted by Crippen LogP contribution is -2.57. The molecule has 1 heterocycles. The lowest BCUT2D eigenvalue weighted by Gasteiger charge is -2.60. The topological polar surface area (TPSA) is 23.5 Å². The summed E-state index contributed by atoms with van der Waals surface area (Å²) in [5.74, 6) is 26.7. The number of aromatic hydroxyl groups is 1. The molecule has 0 aromatic heterocycles. The first-order valence-electron chi connectivity index (χ1n) is 27.4. The molecule has 13 fully saturated rings. The van der Waals surface area contributed by atoms with Crippen LogP contribution in [0.4, 0.5) is 5.69 Å². The van der Waals surface area contributed by atoms with Gasteiger partial charge in [-0.1, -0.05) is 87.5 Å². The average Bonchev–Trinajstić information content (AvgIpc) is 4.11. The summed E-state index contributed by atoms with van der Waals surface area (Å²) < 4.78 is 0. The number of fused-ring (bicyclic) bond motifs is 1. The Kier molecular flexibility index (Phi) is 6.01. The highest BCUT2D eigenvalue weighted by molar-refractivity contribution is 5.67. The molecule has 27 atom stereocenters. The van der Waals surface area contributed by atoms with E-state index in [4.69, 9.17) is 0 Å². The molecular weight excluding hydrogens is 727 g/mol. The van der Waals surface area contributed by atoms with E-state index in [0.717, 1.165) is 142 Å². The summed E-state index contributed by atoms with van der Waals surface area (Å²) >= 11 is 0. The van der Waals surface area contributed by atoms with Crippen LogP contribution in [-0.2, 0) is 0 Å². The van der Waals surface area contributed by atoms with Crippen molar-refractivity contribution in [2.75, 3.05) is 11.4 Å². The number of benzene rings is 1. The van der Waals surface area contributed by atoms with E-state index < -0.39 is 0 Å². The van der Waals surface area contributed by atoms with Crippen molar-refractivity contribution < 1.29 is 5.11 Å². The van der Waals surface area contributed by atoms with Gasteiger partial charge in [-0.3, -0.25) is 0 Å². The first-order valence-corrected chi connectivity index (χ1v) is 27.4. The summed E-state index contributed by atoms with van der Waals surface area (Å²) in [6.45, 7) is 3.62. The van der Waals surface area contributed by atoms with Gasteiger partial charge in [-0.15, -0.1) is 0 Å². The molecule has 1 aromatic carbocycles. The zero-order valence-electron chi connectivity index (χ0n) is 36.5. The van der Waals surface area contributed by atoms with Crippen LogP contribution >= 0.6 is 0 Å². The third-order valence-electron chi connectivity index (χ3n) is 26.2. The zero-order chi connectivity index (χ0) is 38.4. The van der Waals surface area contributed by atoms with Crippen LogP contribution in [0, 0.1) is 153 Å². The molecule has 0 radical (unpaired) electrons. The highest BCUT2D eigenvalue weighted by Gasteiger charge is 2.87. The predicted octanol–water partition coefficient (Wildman–Crippen LogP) is 12.4. The van der Waals surface area contributed by atoms with Crippen LogP contribution in [0.5, 0.6) is 5.75 Å². The standard InChI is InChI=1S/C58H71NO/c1-2-3-4-5-6-7-8-9-10-11-36-58-23-31-21-29-19-26-16-25-17-28-18-27-20-30-22-34(35(58)24-59(36)32-12-14-33(60)15-13-32)44-49-40(30)39(27)46-41(28)45-37(25)38(26)47-42(29)48-43(31)57(58)56(44)55-53(48)51(47)50(45)52(46)54(49)55/h12-15,21,25-28,30-31,35-43,45-55,60H,2-11,16-20,22-24H2,1H3. The van der Waals surface area contributed by atoms with E-state index in [2.05, 4.69) is 57.9 Å². The van der Waals surface area contributed by atoms with Crippen molar-refractivity contribution in [2.24, 2.45) is 153 Å². The number of hydrogen-bond acceptors (Lipinski definition) is 2. The quantitative estimate of drug-likeness (QED) is 0.178. The number of rotatable bonds is 11. The van der Waals surface area contributed by atoms with Crippen molar-refractivity contribution in [1.29, 1.82) is 0 Å². The maximum atomic E-state index is 10.6. The predicted molar refractivity (Wildman–Crippen MR) is 235 cm³/mol. The van der Waals surface area contributed by atoms with Crippen LogP contribution < -0.4 is 4.90 Å². The largest absolute Gasteiger partial charge is 0.508 e. The first-order chi connectivity index (χ1) is 29.7. The molecule has 1 saturated heterocycles. The Labute approximate surface area is 360 Å². The van der Waals surface area contributed by atoms with Crippen molar-refractivity contribution >= 4 is 5.69 Å². The summed E-state index contributed by atoms with van der Waals surface area (Å²) in [6.07, 6.45) is 28.6. The van der Waals surface area contributed by atoms with Crippen LogP contribution in [0.15, 0.2) is 58.2 Å². The van der Waals surface area contributed by atoms with Crippen LogP contribution in [0.2, 0.25) is 0 Å². The Bertz CT molecular complexity index is 2250. The molecule has 314 valence electrons. The minimum absolute atomic E-state index is 0.344. The Morgan fingerprint density at radius 3 is 1.93 bits per heavy atom. The Balaban J connectivity index is 0.850. The van der Waals surface area contributed by atoms with E-state index in [1.165, 1.54) is 95.2 Å². The third-order valence-corrected chi connectivity index (χ3v) is 26.2. The van der Waals surface area contributed by atoms with Gasteiger partial charge in [-0.25, -0.2) is 0 Å². The van der Waals surface area contributed by atoms with Crippen molar-refractivity contribution in [3.05, 3.63) is 58.2 Å². The van der Waals surface area contributed by atoms with Gasteiger partial charge in [0, 0.05) is 29.6 Å². The molecule has 17 aliphatic rings. The van der Waals surface area contributed by atoms with Crippen molar-refractivity contribution in [3.63, 3.8) is 0 Å². The van der Waals surface area contributed by atoms with Crippen molar-refractivity contribution in [2.45, 2.75) is 122 Å². The summed E-state index contributed by atoms with van der Waals surface area (Å²) in [5, 5.41) is 10.6. The second-order valence-corrected chi connectivity index (χ2v) is 26.6. The third kappa shape index (κ3) is 3.32. The van der Waals surface area contributed by atoms with Gasteiger partial charge in [0.25, 0.3) is 0 Å². The van der Waals surface area contributed by atoms with E-state index in [1.54, 1.807) is 32.1 Å². The fourth-order valence-corrected chi connectivity index (χ4v) is 26.6. The molecule has 16 aliphatic carbocycles. The molecule has 1 aromatic rings. The van der Waals surface area contributed by atoms with Gasteiger partial charge in [0.15, 0.2) is 0 Å². The highest BCUT2D eigenvalue weighted by Crippen LogP contribution is 2.92. The van der Waals surface area contributed by atoms with Gasteiger partial charge in [0.05, 0.1) is 0 Å². The molecular formula is C58H71NO. The van der Waals surface area contributed by atoms with Crippen molar-refractivity contribution in [1.82, 2.24) is 0 Å². The Morgan fingerprint density at radius 1 is 0.567 bits per heavy atom. The maximum Gasteiger partial charge on any atom is 0.115 e. The van der Waals surface area contributed by atoms with Gasteiger partial charge in [0.1, 0.15) is 5.75 Å². The molecule has 1 aliphatic heterocycles. The van der Waals surface area contributed by atoms with Gasteiger partial charge >= 0.3 is 0 Å². The van der Waals surface area contributed by atoms with Gasteiger partial charge in [-0.05, 0) is 229 Å². The van der Waals surface area contributed by atoms with Gasteiger partial charge in [-0.2, -0.15) is 0 Å². The molecule has 1 spiro atoms. The lowest BCUT2D eigenvalue weighted by atomic mass is 9.43. The number of allylic oxidation sites excluding steroid dienone is 4. The average molecular weight is 798 g/mol.